The number of hydrogen-bond acceptors (Lipinski definition) is 5. The third kappa shape index (κ3) is 4.45. The Hall–Kier alpha value is -2.72. The molecule has 2 atom stereocenters. The number of amides is 1. The zero-order chi connectivity index (χ0) is 26.8. The monoisotopic (exact) mass is 600 g/mol. The molecule has 0 saturated heterocycles. The van der Waals surface area contributed by atoms with Crippen molar-refractivity contribution >= 4 is 44.9 Å². The summed E-state index contributed by atoms with van der Waals surface area (Å²) in [5.41, 5.74) is 3.11. The predicted octanol–water partition coefficient (Wildman–Crippen LogP) is 6.39. The molecule has 1 amide bonds. The van der Waals surface area contributed by atoms with E-state index in [9.17, 15) is 14.9 Å². The smallest absolute Gasteiger partial charge is 0.358 e. The summed E-state index contributed by atoms with van der Waals surface area (Å²) in [6.07, 6.45) is 8.16. The number of aromatic nitrogens is 4. The van der Waals surface area contributed by atoms with E-state index in [1.54, 1.807) is 6.20 Å². The molecule has 1 N–H and O–H groups in total. The molecule has 0 aliphatic heterocycles. The van der Waals surface area contributed by atoms with Gasteiger partial charge in [0.05, 0.1) is 40.5 Å². The van der Waals surface area contributed by atoms with Crippen molar-refractivity contribution in [1.29, 1.82) is 0 Å². The first-order valence-corrected chi connectivity index (χ1v) is 14.2. The topological polar surface area (TPSA) is 108 Å². The molecule has 0 spiro atoms. The van der Waals surface area contributed by atoms with Crippen molar-refractivity contribution in [2.45, 2.75) is 70.9 Å². The van der Waals surface area contributed by atoms with Crippen LogP contribution in [0.25, 0.3) is 0 Å². The third-order valence-corrected chi connectivity index (χ3v) is 9.66. The fraction of sp³-hybridized carbons (Fsp3) is 0.519. The summed E-state index contributed by atoms with van der Waals surface area (Å²) in [5, 5.41) is 24.4. The third-order valence-electron chi connectivity index (χ3n) is 8.86. The van der Waals surface area contributed by atoms with E-state index < -0.39 is 4.92 Å². The summed E-state index contributed by atoms with van der Waals surface area (Å²) >= 11 is 9.48. The summed E-state index contributed by atoms with van der Waals surface area (Å²) in [7, 11) is 0. The molecule has 38 heavy (non-hydrogen) atoms. The molecular weight excluding hydrogens is 572 g/mol. The van der Waals surface area contributed by atoms with Crippen LogP contribution in [0.1, 0.15) is 61.9 Å². The number of halogens is 2. The highest BCUT2D eigenvalue weighted by Crippen LogP contribution is 2.65. The van der Waals surface area contributed by atoms with E-state index in [1.165, 1.54) is 6.42 Å². The first kappa shape index (κ1) is 25.6. The molecule has 200 valence electrons. The van der Waals surface area contributed by atoms with Crippen LogP contribution in [0.3, 0.4) is 0 Å². The van der Waals surface area contributed by atoms with Gasteiger partial charge in [-0.05, 0) is 108 Å². The number of benzene rings is 1. The number of carbonyl (C=O) groups excluding carboxylic acids is 1. The standard InChI is InChI=1S/C27H30BrClN6O3/c1-16-24(17(2)33(31-16)13-18-4-3-5-21(29)7-18)30-23(36)12-26-8-19-6-20(9-26)11-27(10-19,15-26)34-14-22(28)25(32-34)35(37)38/h3-5,7,14,19-20H,6,8-13,15H2,1-2H3,(H,30,36). The fourth-order valence-electron chi connectivity index (χ4n) is 7.95. The maximum absolute atomic E-state index is 13.5. The number of nitrogens with zero attached hydrogens (tertiary/aromatic N) is 5. The Kier molecular flexibility index (Phi) is 6.18. The van der Waals surface area contributed by atoms with E-state index in [4.69, 9.17) is 11.6 Å². The summed E-state index contributed by atoms with van der Waals surface area (Å²) in [5.74, 6) is 0.876. The average Bonchev–Trinajstić information content (AvgIpc) is 3.34. The summed E-state index contributed by atoms with van der Waals surface area (Å²) in [6.45, 7) is 4.46. The Bertz CT molecular complexity index is 1430. The number of rotatable bonds is 7. The van der Waals surface area contributed by atoms with Gasteiger partial charge in [-0.2, -0.15) is 9.78 Å². The van der Waals surface area contributed by atoms with Gasteiger partial charge >= 0.3 is 5.82 Å². The molecule has 3 aromatic rings. The number of nitrogens with one attached hydrogen (secondary N) is 1. The van der Waals surface area contributed by atoms with Crippen molar-refractivity contribution in [3.63, 3.8) is 0 Å². The van der Waals surface area contributed by atoms with Gasteiger partial charge in [0.1, 0.15) is 4.47 Å². The van der Waals surface area contributed by atoms with Gasteiger partial charge in [-0.25, -0.2) is 0 Å². The maximum atomic E-state index is 13.5. The first-order valence-electron chi connectivity index (χ1n) is 13.0. The van der Waals surface area contributed by atoms with Gasteiger partial charge in [-0.1, -0.05) is 23.7 Å². The average molecular weight is 602 g/mol. The lowest BCUT2D eigenvalue weighted by Crippen LogP contribution is -2.57. The molecule has 2 unspecified atom stereocenters. The van der Waals surface area contributed by atoms with Gasteiger partial charge < -0.3 is 15.4 Å². The Balaban J connectivity index is 1.21. The number of carbonyl (C=O) groups is 1. The largest absolute Gasteiger partial charge is 0.404 e. The zero-order valence-electron chi connectivity index (χ0n) is 21.4. The van der Waals surface area contributed by atoms with Gasteiger partial charge in [0.2, 0.25) is 5.91 Å². The van der Waals surface area contributed by atoms with Crippen molar-refractivity contribution < 1.29 is 9.72 Å². The summed E-state index contributed by atoms with van der Waals surface area (Å²) < 4.78 is 4.15. The molecule has 7 rings (SSSR count). The van der Waals surface area contributed by atoms with E-state index in [-0.39, 0.29) is 22.7 Å². The summed E-state index contributed by atoms with van der Waals surface area (Å²) in [6, 6.07) is 7.70. The fourth-order valence-corrected chi connectivity index (χ4v) is 8.58. The molecule has 2 aromatic heterocycles. The minimum Gasteiger partial charge on any atom is -0.358 e. The first-order chi connectivity index (χ1) is 18.0. The van der Waals surface area contributed by atoms with Crippen LogP contribution in [0.15, 0.2) is 34.9 Å². The van der Waals surface area contributed by atoms with Crippen LogP contribution in [0.5, 0.6) is 0 Å². The van der Waals surface area contributed by atoms with E-state index >= 15 is 0 Å². The summed E-state index contributed by atoms with van der Waals surface area (Å²) in [4.78, 5) is 24.5. The van der Waals surface area contributed by atoms with Crippen LogP contribution < -0.4 is 5.32 Å². The lowest BCUT2D eigenvalue weighted by atomic mass is 9.46. The molecule has 9 nitrogen and oxygen atoms in total. The number of nitro groups is 1. The van der Waals surface area contributed by atoms with Gasteiger partial charge in [0.15, 0.2) is 0 Å². The second kappa shape index (κ2) is 9.19. The second-order valence-corrected chi connectivity index (χ2v) is 13.0. The van der Waals surface area contributed by atoms with Crippen molar-refractivity contribution in [3.05, 3.63) is 67.0 Å². The Morgan fingerprint density at radius 1 is 1.24 bits per heavy atom. The van der Waals surface area contributed by atoms with Crippen LogP contribution in [0.4, 0.5) is 11.5 Å². The van der Waals surface area contributed by atoms with Crippen LogP contribution >= 0.6 is 27.5 Å². The quantitative estimate of drug-likeness (QED) is 0.249. The molecule has 0 radical (unpaired) electrons. The van der Waals surface area contributed by atoms with E-state index in [0.717, 1.165) is 54.7 Å². The molecule has 11 heteroatoms. The lowest BCUT2D eigenvalue weighted by Gasteiger charge is -2.61. The highest BCUT2D eigenvalue weighted by atomic mass is 79.9. The van der Waals surface area contributed by atoms with Gasteiger partial charge in [0, 0.05) is 11.4 Å². The Morgan fingerprint density at radius 3 is 2.63 bits per heavy atom. The maximum Gasteiger partial charge on any atom is 0.404 e. The molecule has 4 aliphatic rings. The Labute approximate surface area is 234 Å². The normalized spacial score (nSPS) is 27.6. The number of aryl methyl sites for hydroxylation is 1. The number of hydrogen-bond donors (Lipinski definition) is 1. The van der Waals surface area contributed by atoms with Crippen molar-refractivity contribution in [2.75, 3.05) is 5.32 Å². The SMILES string of the molecule is Cc1nn(Cc2cccc(Cl)c2)c(C)c1NC(=O)CC12CC3CC(C1)CC(n1cc(Br)c([N+](=O)[O-])n1)(C3)C2. The van der Waals surface area contributed by atoms with Gasteiger partial charge in [0.25, 0.3) is 0 Å². The van der Waals surface area contributed by atoms with E-state index in [1.807, 2.05) is 47.5 Å². The van der Waals surface area contributed by atoms with E-state index in [2.05, 4.69) is 31.4 Å². The van der Waals surface area contributed by atoms with Crippen molar-refractivity contribution in [1.82, 2.24) is 19.6 Å². The number of anilines is 1. The second-order valence-electron chi connectivity index (χ2n) is 11.7. The molecule has 4 aliphatic carbocycles. The molecule has 4 bridgehead atoms. The van der Waals surface area contributed by atoms with Gasteiger partial charge in [-0.3, -0.25) is 9.48 Å². The molecule has 4 fully saturated rings. The van der Waals surface area contributed by atoms with Gasteiger partial charge in [-0.15, -0.1) is 0 Å². The highest BCUT2D eigenvalue weighted by molar-refractivity contribution is 9.10. The minimum atomic E-state index is -0.443. The molecule has 1 aromatic carbocycles. The van der Waals surface area contributed by atoms with Crippen LogP contribution in [-0.4, -0.2) is 30.4 Å². The zero-order valence-corrected chi connectivity index (χ0v) is 23.8. The van der Waals surface area contributed by atoms with Crippen LogP contribution in [0, 0.1) is 41.2 Å². The van der Waals surface area contributed by atoms with E-state index in [0.29, 0.717) is 34.3 Å². The molecule has 4 saturated carbocycles. The lowest BCUT2D eigenvalue weighted by molar-refractivity contribution is -0.390. The predicted molar refractivity (Wildman–Crippen MR) is 147 cm³/mol. The Morgan fingerprint density at radius 2 is 1.97 bits per heavy atom. The molecule has 2 heterocycles. The van der Waals surface area contributed by atoms with Crippen molar-refractivity contribution in [3.8, 4) is 0 Å². The molecular formula is C27H30BrClN6O3. The van der Waals surface area contributed by atoms with Crippen molar-refractivity contribution in [2.24, 2.45) is 17.3 Å². The van der Waals surface area contributed by atoms with Crippen LogP contribution in [-0.2, 0) is 16.9 Å². The highest BCUT2D eigenvalue weighted by Gasteiger charge is 2.60. The minimum absolute atomic E-state index is 0.00299. The van der Waals surface area contributed by atoms with Crippen LogP contribution in [0.2, 0.25) is 5.02 Å².